The molecule has 2 nitrogen and oxygen atoms in total. The van der Waals surface area contributed by atoms with Crippen molar-refractivity contribution in [1.29, 1.82) is 0 Å². The highest BCUT2D eigenvalue weighted by molar-refractivity contribution is 4.56. The van der Waals surface area contributed by atoms with Crippen molar-refractivity contribution in [3.05, 3.63) is 0 Å². The monoisotopic (exact) mass is 85.1 g/mol. The summed E-state index contributed by atoms with van der Waals surface area (Å²) in [6.45, 7) is 1.97. The Hall–Kier alpha value is -0.0800. The van der Waals surface area contributed by atoms with Crippen molar-refractivity contribution in [2.24, 2.45) is 0 Å². The molecule has 1 heterocycles. The topological polar surface area (TPSA) is 27.0 Å². The minimum absolute atomic E-state index is 0.986. The lowest BCUT2D eigenvalue weighted by Crippen LogP contribution is -2.14. The van der Waals surface area contributed by atoms with Gasteiger partial charge in [-0.15, -0.1) is 0 Å². The molecule has 0 bridgehead atoms. The fraction of sp³-hybridized carbons (Fsp3) is 1.00. The second-order valence-electron chi connectivity index (χ2n) is 1.69. The Bertz CT molecular complexity index is 38.8. The maximum atomic E-state index is 6.97. The van der Waals surface area contributed by atoms with E-state index in [1.54, 1.807) is 5.01 Å². The van der Waals surface area contributed by atoms with Crippen LogP contribution in [0.4, 0.5) is 0 Å². The molecule has 0 saturated carbocycles. The molecule has 0 aromatic carbocycles. The molecule has 2 heteroatoms. The Morgan fingerprint density at radius 2 is 1.67 bits per heavy atom. The van der Waals surface area contributed by atoms with Crippen LogP contribution in [0.25, 0.3) is 0 Å². The standard InChI is InChI=1S/C4H9N2/c5-6-3-1-2-4-6/h5H,1-4H2. The Labute approximate surface area is 37.9 Å². The highest BCUT2D eigenvalue weighted by Crippen LogP contribution is 2.01. The van der Waals surface area contributed by atoms with Gasteiger partial charge in [0.25, 0.3) is 0 Å². The highest BCUT2D eigenvalue weighted by Gasteiger charge is 2.04. The molecular formula is C4H9N2. The summed E-state index contributed by atoms with van der Waals surface area (Å²) < 4.78 is 0. The van der Waals surface area contributed by atoms with E-state index in [9.17, 15) is 0 Å². The average Bonchev–Trinajstić information content (AvgIpc) is 1.86. The zero-order valence-electron chi connectivity index (χ0n) is 3.78. The molecule has 0 amide bonds. The molecule has 0 atom stereocenters. The van der Waals surface area contributed by atoms with E-state index in [1.165, 1.54) is 12.8 Å². The Balaban J connectivity index is 2.18. The summed E-state index contributed by atoms with van der Waals surface area (Å²) in [5, 5.41) is 1.61. The van der Waals surface area contributed by atoms with Gasteiger partial charge in [0.15, 0.2) is 0 Å². The van der Waals surface area contributed by atoms with Crippen LogP contribution in [-0.4, -0.2) is 18.1 Å². The maximum Gasteiger partial charge on any atom is 0.0145 e. The van der Waals surface area contributed by atoms with Crippen LogP contribution in [0.1, 0.15) is 12.8 Å². The van der Waals surface area contributed by atoms with Crippen LogP contribution in [0, 0.1) is 0 Å². The average molecular weight is 85.1 g/mol. The molecule has 1 N–H and O–H groups in total. The number of nitrogens with zero attached hydrogens (tertiary/aromatic N) is 1. The summed E-state index contributed by atoms with van der Waals surface area (Å²) in [4.78, 5) is 0. The summed E-state index contributed by atoms with van der Waals surface area (Å²) in [7, 11) is 0. The lowest BCUT2D eigenvalue weighted by Gasteiger charge is -1.99. The first-order chi connectivity index (χ1) is 2.89. The van der Waals surface area contributed by atoms with Gasteiger partial charge in [-0.05, 0) is 12.8 Å². The molecule has 1 saturated heterocycles. The largest absolute Gasteiger partial charge is 0.230 e. The number of hydrogen-bond acceptors (Lipinski definition) is 1. The Morgan fingerprint density at radius 1 is 1.17 bits per heavy atom. The number of hydrogen-bond donors (Lipinski definition) is 0. The fourth-order valence-corrected chi connectivity index (χ4v) is 0.717. The van der Waals surface area contributed by atoms with Gasteiger partial charge in [0, 0.05) is 13.1 Å². The molecule has 35 valence electrons. The van der Waals surface area contributed by atoms with E-state index in [0.717, 1.165) is 13.1 Å². The molecule has 0 unspecified atom stereocenters. The van der Waals surface area contributed by atoms with Crippen molar-refractivity contribution in [3.8, 4) is 0 Å². The van der Waals surface area contributed by atoms with Crippen LogP contribution in [0.2, 0.25) is 0 Å². The molecular weight excluding hydrogens is 76.1 g/mol. The molecule has 1 rings (SSSR count). The maximum absolute atomic E-state index is 6.97. The van der Waals surface area contributed by atoms with Gasteiger partial charge in [0.1, 0.15) is 0 Å². The zero-order chi connectivity index (χ0) is 4.41. The molecule has 1 fully saturated rings. The van der Waals surface area contributed by atoms with E-state index in [4.69, 9.17) is 5.84 Å². The number of rotatable bonds is 0. The quantitative estimate of drug-likeness (QED) is 0.415. The van der Waals surface area contributed by atoms with Gasteiger partial charge in [0.05, 0.1) is 0 Å². The summed E-state index contributed by atoms with van der Waals surface area (Å²) in [5.74, 6) is 6.97. The van der Waals surface area contributed by atoms with Crippen molar-refractivity contribution in [2.75, 3.05) is 13.1 Å². The van der Waals surface area contributed by atoms with Crippen LogP contribution >= 0.6 is 0 Å². The second-order valence-corrected chi connectivity index (χ2v) is 1.69. The highest BCUT2D eigenvalue weighted by atomic mass is 15.4. The predicted octanol–water partition coefficient (Wildman–Crippen LogP) is 0.280. The summed E-state index contributed by atoms with van der Waals surface area (Å²) in [6.07, 6.45) is 2.45. The summed E-state index contributed by atoms with van der Waals surface area (Å²) in [5.41, 5.74) is 0. The van der Waals surface area contributed by atoms with Crippen LogP contribution in [0.15, 0.2) is 0 Å². The third-order valence-electron chi connectivity index (χ3n) is 1.11. The minimum atomic E-state index is 0.986. The first-order valence-corrected chi connectivity index (χ1v) is 2.36. The van der Waals surface area contributed by atoms with Gasteiger partial charge in [-0.2, -0.15) is 5.84 Å². The Morgan fingerprint density at radius 3 is 1.83 bits per heavy atom. The van der Waals surface area contributed by atoms with Crippen molar-refractivity contribution in [3.63, 3.8) is 0 Å². The van der Waals surface area contributed by atoms with E-state index in [0.29, 0.717) is 0 Å². The lowest BCUT2D eigenvalue weighted by molar-refractivity contribution is 0.334. The molecule has 1 radical (unpaired) electrons. The molecule has 6 heavy (non-hydrogen) atoms. The first kappa shape index (κ1) is 4.09. The van der Waals surface area contributed by atoms with Crippen molar-refractivity contribution >= 4 is 0 Å². The number of nitrogens with one attached hydrogen (secondary N) is 1. The molecule has 1 aliphatic heterocycles. The predicted molar refractivity (Wildman–Crippen MR) is 23.9 cm³/mol. The molecule has 0 aromatic heterocycles. The van der Waals surface area contributed by atoms with Crippen molar-refractivity contribution in [2.45, 2.75) is 12.8 Å². The van der Waals surface area contributed by atoms with Gasteiger partial charge in [-0.25, -0.2) is 5.01 Å². The van der Waals surface area contributed by atoms with Crippen molar-refractivity contribution in [1.82, 2.24) is 10.9 Å². The van der Waals surface area contributed by atoms with Crippen molar-refractivity contribution < 1.29 is 0 Å². The van der Waals surface area contributed by atoms with Gasteiger partial charge in [0.2, 0.25) is 0 Å². The van der Waals surface area contributed by atoms with Gasteiger partial charge in [-0.1, -0.05) is 0 Å². The van der Waals surface area contributed by atoms with E-state index >= 15 is 0 Å². The second kappa shape index (κ2) is 1.58. The minimum Gasteiger partial charge on any atom is -0.230 e. The van der Waals surface area contributed by atoms with Gasteiger partial charge < -0.3 is 0 Å². The zero-order valence-corrected chi connectivity index (χ0v) is 3.78. The third-order valence-corrected chi connectivity index (χ3v) is 1.11. The van der Waals surface area contributed by atoms with E-state index in [2.05, 4.69) is 0 Å². The third kappa shape index (κ3) is 0.698. The van der Waals surface area contributed by atoms with Gasteiger partial charge in [-0.3, -0.25) is 0 Å². The lowest BCUT2D eigenvalue weighted by atomic mass is 10.4. The van der Waals surface area contributed by atoms with Crippen LogP contribution in [-0.2, 0) is 0 Å². The Kier molecular flexibility index (Phi) is 1.08. The normalized spacial score (nSPS) is 25.5. The van der Waals surface area contributed by atoms with E-state index in [-0.39, 0.29) is 0 Å². The van der Waals surface area contributed by atoms with Gasteiger partial charge >= 0.3 is 0 Å². The molecule has 0 spiro atoms. The molecule has 0 aromatic rings. The smallest absolute Gasteiger partial charge is 0.0145 e. The van der Waals surface area contributed by atoms with E-state index in [1.807, 2.05) is 0 Å². The molecule has 1 aliphatic rings. The fourth-order valence-electron chi connectivity index (χ4n) is 0.717. The van der Waals surface area contributed by atoms with Crippen LogP contribution < -0.4 is 5.84 Å². The molecule has 0 aliphatic carbocycles. The van der Waals surface area contributed by atoms with E-state index < -0.39 is 0 Å². The SMILES string of the molecule is [NH]N1CCCC1. The summed E-state index contributed by atoms with van der Waals surface area (Å²) >= 11 is 0. The summed E-state index contributed by atoms with van der Waals surface area (Å²) in [6, 6.07) is 0. The van der Waals surface area contributed by atoms with Crippen LogP contribution in [0.5, 0.6) is 0 Å². The first-order valence-electron chi connectivity index (χ1n) is 2.36. The van der Waals surface area contributed by atoms with Crippen LogP contribution in [0.3, 0.4) is 0 Å².